The summed E-state index contributed by atoms with van der Waals surface area (Å²) in [4.78, 5) is 10.5. The van der Waals surface area contributed by atoms with Gasteiger partial charge in [0, 0.05) is 11.5 Å². The monoisotopic (exact) mass is 206 g/mol. The highest BCUT2D eigenvalue weighted by molar-refractivity contribution is 7.99. The van der Waals surface area contributed by atoms with Crippen LogP contribution in [-0.2, 0) is 9.53 Å². The molecule has 2 atom stereocenters. The van der Waals surface area contributed by atoms with Crippen molar-refractivity contribution in [2.45, 2.75) is 25.0 Å². The molecule has 0 bridgehead atoms. The van der Waals surface area contributed by atoms with Crippen LogP contribution in [0.2, 0.25) is 0 Å². The molecule has 0 amide bonds. The van der Waals surface area contributed by atoms with Crippen LogP contribution in [0.1, 0.15) is 12.8 Å². The molecule has 0 aliphatic carbocycles. The largest absolute Gasteiger partial charge is 0.479 e. The third-order valence-corrected chi connectivity index (χ3v) is 3.00. The molecular weight excluding hydrogens is 192 g/mol. The van der Waals surface area contributed by atoms with E-state index >= 15 is 0 Å². The van der Waals surface area contributed by atoms with Crippen molar-refractivity contribution in [1.29, 1.82) is 0 Å². The second-order valence-corrected chi connectivity index (χ2v) is 4.11. The molecule has 0 saturated carbocycles. The number of carbonyl (C=O) groups is 1. The molecule has 2 unspecified atom stereocenters. The van der Waals surface area contributed by atoms with Crippen LogP contribution in [0, 0.1) is 0 Å². The van der Waals surface area contributed by atoms with E-state index in [1.807, 2.05) is 0 Å². The normalized spacial score (nSPS) is 27.8. The van der Waals surface area contributed by atoms with Gasteiger partial charge in [-0.1, -0.05) is 0 Å². The molecule has 0 radical (unpaired) electrons. The molecule has 0 spiro atoms. The molecule has 1 aliphatic rings. The van der Waals surface area contributed by atoms with Gasteiger partial charge in [0.15, 0.2) is 6.10 Å². The van der Waals surface area contributed by atoms with E-state index in [-0.39, 0.29) is 12.7 Å². The van der Waals surface area contributed by atoms with Crippen molar-refractivity contribution in [3.8, 4) is 0 Å². The molecule has 5 heteroatoms. The van der Waals surface area contributed by atoms with Gasteiger partial charge in [-0.05, 0) is 12.8 Å². The summed E-state index contributed by atoms with van der Waals surface area (Å²) in [5, 5.41) is 17.2. The molecule has 4 nitrogen and oxygen atoms in total. The molecule has 1 aliphatic heterocycles. The Bertz CT molecular complexity index is 174. The number of aliphatic carboxylic acids is 1. The lowest BCUT2D eigenvalue weighted by atomic mass is 10.2. The van der Waals surface area contributed by atoms with Crippen molar-refractivity contribution in [2.75, 3.05) is 18.1 Å². The maximum absolute atomic E-state index is 10.5. The van der Waals surface area contributed by atoms with Crippen molar-refractivity contribution >= 4 is 17.7 Å². The van der Waals surface area contributed by atoms with E-state index in [0.29, 0.717) is 12.2 Å². The predicted octanol–water partition coefficient (Wildman–Crippen LogP) is 0.344. The quantitative estimate of drug-likeness (QED) is 0.635. The van der Waals surface area contributed by atoms with E-state index in [2.05, 4.69) is 0 Å². The summed E-state index contributed by atoms with van der Waals surface area (Å²) in [7, 11) is 0. The van der Waals surface area contributed by atoms with Gasteiger partial charge in [0.1, 0.15) is 0 Å². The van der Waals surface area contributed by atoms with Gasteiger partial charge in [-0.25, -0.2) is 4.79 Å². The number of aliphatic hydroxyl groups excluding tert-OH is 1. The number of carboxylic acid groups (broad SMARTS) is 1. The Morgan fingerprint density at radius 3 is 2.85 bits per heavy atom. The number of thioether (sulfide) groups is 1. The number of aliphatic hydroxyl groups is 1. The summed E-state index contributed by atoms with van der Waals surface area (Å²) in [6, 6.07) is 0. The topological polar surface area (TPSA) is 66.8 Å². The Balaban J connectivity index is 2.14. The second-order valence-electron chi connectivity index (χ2n) is 2.96. The van der Waals surface area contributed by atoms with Crippen LogP contribution in [0.4, 0.5) is 0 Å². The molecule has 0 aromatic carbocycles. The van der Waals surface area contributed by atoms with Gasteiger partial charge in [-0.15, -0.1) is 0 Å². The first kappa shape index (κ1) is 10.8. The van der Waals surface area contributed by atoms with Gasteiger partial charge in [-0.2, -0.15) is 11.8 Å². The summed E-state index contributed by atoms with van der Waals surface area (Å²) in [6.07, 6.45) is 0.868. The molecule has 1 saturated heterocycles. The first-order valence-electron chi connectivity index (χ1n) is 4.31. The highest BCUT2D eigenvalue weighted by atomic mass is 32.2. The zero-order valence-corrected chi connectivity index (χ0v) is 8.13. The standard InChI is InChI=1S/C8H14O4S/c9-3-4-13-5-6-1-2-7(12-6)8(10)11/h6-7,9H,1-5H2,(H,10,11). The first-order chi connectivity index (χ1) is 6.24. The van der Waals surface area contributed by atoms with Crippen LogP contribution in [0.15, 0.2) is 0 Å². The number of hydrogen-bond acceptors (Lipinski definition) is 4. The van der Waals surface area contributed by atoms with Crippen molar-refractivity contribution in [3.63, 3.8) is 0 Å². The SMILES string of the molecule is O=C(O)C1CCC(CSCCO)O1. The summed E-state index contributed by atoms with van der Waals surface area (Å²) < 4.78 is 5.27. The predicted molar refractivity (Wildman–Crippen MR) is 49.9 cm³/mol. The molecule has 2 N–H and O–H groups in total. The molecule has 0 aromatic rings. The van der Waals surface area contributed by atoms with E-state index < -0.39 is 12.1 Å². The lowest BCUT2D eigenvalue weighted by molar-refractivity contribution is -0.148. The van der Waals surface area contributed by atoms with Crippen LogP contribution in [-0.4, -0.2) is 46.5 Å². The number of rotatable bonds is 5. The van der Waals surface area contributed by atoms with Gasteiger partial charge in [0.05, 0.1) is 12.7 Å². The number of hydrogen-bond donors (Lipinski definition) is 2. The van der Waals surface area contributed by atoms with Crippen LogP contribution in [0.25, 0.3) is 0 Å². The van der Waals surface area contributed by atoms with Gasteiger partial charge in [0.25, 0.3) is 0 Å². The Labute approximate surface area is 81.3 Å². The molecule has 13 heavy (non-hydrogen) atoms. The van der Waals surface area contributed by atoms with E-state index in [9.17, 15) is 4.79 Å². The lowest BCUT2D eigenvalue weighted by Crippen LogP contribution is -2.21. The zero-order chi connectivity index (χ0) is 9.68. The van der Waals surface area contributed by atoms with Gasteiger partial charge in [-0.3, -0.25) is 0 Å². The fourth-order valence-electron chi connectivity index (χ4n) is 1.29. The molecule has 1 rings (SSSR count). The minimum Gasteiger partial charge on any atom is -0.479 e. The van der Waals surface area contributed by atoms with Crippen molar-refractivity contribution in [3.05, 3.63) is 0 Å². The van der Waals surface area contributed by atoms with Crippen molar-refractivity contribution in [2.24, 2.45) is 0 Å². The molecular formula is C8H14O4S. The van der Waals surface area contributed by atoms with E-state index in [1.165, 1.54) is 0 Å². The van der Waals surface area contributed by atoms with E-state index in [4.69, 9.17) is 14.9 Å². The minimum atomic E-state index is -0.866. The molecule has 0 aromatic heterocycles. The van der Waals surface area contributed by atoms with Crippen LogP contribution < -0.4 is 0 Å². The number of carboxylic acids is 1. The summed E-state index contributed by atoms with van der Waals surface area (Å²) >= 11 is 1.60. The fourth-order valence-corrected chi connectivity index (χ4v) is 2.09. The third-order valence-electron chi connectivity index (χ3n) is 1.92. The van der Waals surface area contributed by atoms with Crippen molar-refractivity contribution in [1.82, 2.24) is 0 Å². The van der Waals surface area contributed by atoms with Crippen LogP contribution in [0.3, 0.4) is 0 Å². The highest BCUT2D eigenvalue weighted by Gasteiger charge is 2.29. The average molecular weight is 206 g/mol. The Morgan fingerprint density at radius 1 is 1.54 bits per heavy atom. The lowest BCUT2D eigenvalue weighted by Gasteiger charge is -2.09. The smallest absolute Gasteiger partial charge is 0.332 e. The van der Waals surface area contributed by atoms with Crippen LogP contribution >= 0.6 is 11.8 Å². The summed E-state index contributed by atoms with van der Waals surface area (Å²) in [5.74, 6) is 0.608. The second kappa shape index (κ2) is 5.47. The molecule has 76 valence electrons. The maximum atomic E-state index is 10.5. The fraction of sp³-hybridized carbons (Fsp3) is 0.875. The zero-order valence-electron chi connectivity index (χ0n) is 7.31. The summed E-state index contributed by atoms with van der Waals surface area (Å²) in [5.41, 5.74) is 0. The van der Waals surface area contributed by atoms with Crippen LogP contribution in [0.5, 0.6) is 0 Å². The Morgan fingerprint density at radius 2 is 2.31 bits per heavy atom. The third kappa shape index (κ3) is 3.54. The van der Waals surface area contributed by atoms with E-state index in [1.54, 1.807) is 11.8 Å². The van der Waals surface area contributed by atoms with Gasteiger partial charge in [0.2, 0.25) is 0 Å². The average Bonchev–Trinajstić information content (AvgIpc) is 2.53. The molecule has 1 heterocycles. The first-order valence-corrected chi connectivity index (χ1v) is 5.46. The summed E-state index contributed by atoms with van der Waals surface area (Å²) in [6.45, 7) is 0.166. The minimum absolute atomic E-state index is 0.0534. The van der Waals surface area contributed by atoms with E-state index in [0.717, 1.165) is 12.2 Å². The maximum Gasteiger partial charge on any atom is 0.332 e. The Kier molecular flexibility index (Phi) is 4.55. The Hall–Kier alpha value is -0.260. The van der Waals surface area contributed by atoms with Gasteiger partial charge >= 0.3 is 5.97 Å². The van der Waals surface area contributed by atoms with Gasteiger partial charge < -0.3 is 14.9 Å². The molecule has 1 fully saturated rings. The number of ether oxygens (including phenoxy) is 1. The highest BCUT2D eigenvalue weighted by Crippen LogP contribution is 2.22. The van der Waals surface area contributed by atoms with Crippen molar-refractivity contribution < 1.29 is 19.7 Å².